The fourth-order valence-corrected chi connectivity index (χ4v) is 2.66. The molecule has 0 amide bonds. The van der Waals surface area contributed by atoms with Gasteiger partial charge in [0.2, 0.25) is 0 Å². The van der Waals surface area contributed by atoms with E-state index in [4.69, 9.17) is 9.47 Å². The van der Waals surface area contributed by atoms with E-state index in [1.807, 2.05) is 13.3 Å². The van der Waals surface area contributed by atoms with Crippen LogP contribution in [0.4, 0.5) is 0 Å². The number of nitrogens with zero attached hydrogens (tertiary/aromatic N) is 2. The molecule has 2 heterocycles. The SMILES string of the molecule is CCOC1(CNCc2cn(C3CC3)cn2)CCOC1. The second-order valence-electron chi connectivity index (χ2n) is 5.57. The van der Waals surface area contributed by atoms with Crippen molar-refractivity contribution in [3.63, 3.8) is 0 Å². The molecule has 0 radical (unpaired) electrons. The molecule has 0 spiro atoms. The maximum atomic E-state index is 5.87. The molecule has 1 aromatic heterocycles. The van der Waals surface area contributed by atoms with E-state index in [-0.39, 0.29) is 5.60 Å². The summed E-state index contributed by atoms with van der Waals surface area (Å²) in [6.07, 6.45) is 7.68. The highest BCUT2D eigenvalue weighted by Crippen LogP contribution is 2.34. The molecular weight excluding hydrogens is 242 g/mol. The molecule has 1 saturated carbocycles. The van der Waals surface area contributed by atoms with E-state index >= 15 is 0 Å². The largest absolute Gasteiger partial charge is 0.378 e. The van der Waals surface area contributed by atoms with E-state index in [2.05, 4.69) is 21.1 Å². The van der Waals surface area contributed by atoms with Crippen molar-refractivity contribution in [2.24, 2.45) is 0 Å². The lowest BCUT2D eigenvalue weighted by molar-refractivity contribution is -0.0421. The molecule has 0 aromatic carbocycles. The molecule has 5 nitrogen and oxygen atoms in total. The van der Waals surface area contributed by atoms with E-state index in [0.29, 0.717) is 12.6 Å². The molecule has 2 fully saturated rings. The van der Waals surface area contributed by atoms with Crippen LogP contribution in [0.25, 0.3) is 0 Å². The third-order valence-corrected chi connectivity index (χ3v) is 3.89. The second-order valence-corrected chi connectivity index (χ2v) is 5.57. The Morgan fingerprint density at radius 1 is 1.58 bits per heavy atom. The van der Waals surface area contributed by atoms with Crippen LogP contribution in [0.1, 0.15) is 37.9 Å². The van der Waals surface area contributed by atoms with Gasteiger partial charge in [0.1, 0.15) is 5.60 Å². The summed E-state index contributed by atoms with van der Waals surface area (Å²) in [6.45, 7) is 5.91. The van der Waals surface area contributed by atoms with Crippen LogP contribution in [0, 0.1) is 0 Å². The normalized spacial score (nSPS) is 27.0. The summed E-state index contributed by atoms with van der Waals surface area (Å²) < 4.78 is 13.6. The molecule has 2 aliphatic rings. The zero-order valence-electron chi connectivity index (χ0n) is 11.6. The lowest BCUT2D eigenvalue weighted by Gasteiger charge is -2.27. The van der Waals surface area contributed by atoms with Gasteiger partial charge in [0.15, 0.2) is 0 Å². The lowest BCUT2D eigenvalue weighted by atomic mass is 10.0. The number of hydrogen-bond donors (Lipinski definition) is 1. The molecule has 106 valence electrons. The van der Waals surface area contributed by atoms with E-state index < -0.39 is 0 Å². The molecule has 1 saturated heterocycles. The molecule has 1 N–H and O–H groups in total. The number of nitrogens with one attached hydrogen (secondary N) is 1. The van der Waals surface area contributed by atoms with Gasteiger partial charge in [0.05, 0.1) is 18.6 Å². The average molecular weight is 265 g/mol. The van der Waals surface area contributed by atoms with E-state index in [9.17, 15) is 0 Å². The van der Waals surface area contributed by atoms with Gasteiger partial charge in [0.25, 0.3) is 0 Å². The minimum absolute atomic E-state index is 0.131. The lowest BCUT2D eigenvalue weighted by Crippen LogP contribution is -2.43. The van der Waals surface area contributed by atoms with Crippen molar-refractivity contribution in [3.8, 4) is 0 Å². The van der Waals surface area contributed by atoms with Crippen molar-refractivity contribution in [1.82, 2.24) is 14.9 Å². The Labute approximate surface area is 114 Å². The summed E-state index contributed by atoms with van der Waals surface area (Å²) in [5.41, 5.74) is 0.978. The molecule has 19 heavy (non-hydrogen) atoms. The summed E-state index contributed by atoms with van der Waals surface area (Å²) in [6, 6.07) is 0.708. The van der Waals surface area contributed by atoms with Crippen molar-refractivity contribution in [2.75, 3.05) is 26.4 Å². The number of ether oxygens (including phenoxy) is 2. The minimum Gasteiger partial charge on any atom is -0.378 e. The molecular formula is C14H23N3O2. The fourth-order valence-electron chi connectivity index (χ4n) is 2.66. The summed E-state index contributed by atoms with van der Waals surface area (Å²) >= 11 is 0. The van der Waals surface area contributed by atoms with Gasteiger partial charge in [-0.05, 0) is 19.8 Å². The number of aromatic nitrogens is 2. The standard InChI is InChI=1S/C14H23N3O2/c1-2-19-14(5-6-18-10-14)9-15-7-12-8-17(11-16-12)13-3-4-13/h8,11,13,15H,2-7,9-10H2,1H3. The predicted octanol–water partition coefficient (Wildman–Crippen LogP) is 1.50. The Kier molecular flexibility index (Phi) is 3.86. The number of rotatable bonds is 7. The summed E-state index contributed by atoms with van der Waals surface area (Å²) in [5, 5.41) is 3.46. The number of hydrogen-bond acceptors (Lipinski definition) is 4. The van der Waals surface area contributed by atoms with Gasteiger partial charge in [-0.1, -0.05) is 0 Å². The van der Waals surface area contributed by atoms with Crippen LogP contribution in [0.3, 0.4) is 0 Å². The highest BCUT2D eigenvalue weighted by molar-refractivity contribution is 5.00. The van der Waals surface area contributed by atoms with Gasteiger partial charge >= 0.3 is 0 Å². The highest BCUT2D eigenvalue weighted by Gasteiger charge is 2.35. The predicted molar refractivity (Wildman–Crippen MR) is 72.0 cm³/mol. The van der Waals surface area contributed by atoms with Crippen LogP contribution in [-0.4, -0.2) is 41.5 Å². The van der Waals surface area contributed by atoms with Gasteiger partial charge in [-0.25, -0.2) is 4.98 Å². The van der Waals surface area contributed by atoms with E-state index in [0.717, 1.165) is 38.4 Å². The van der Waals surface area contributed by atoms with Crippen molar-refractivity contribution in [1.29, 1.82) is 0 Å². The van der Waals surface area contributed by atoms with Gasteiger partial charge in [-0.3, -0.25) is 0 Å². The van der Waals surface area contributed by atoms with Crippen LogP contribution < -0.4 is 5.32 Å². The molecule has 1 atom stereocenters. The van der Waals surface area contributed by atoms with Crippen molar-refractivity contribution < 1.29 is 9.47 Å². The molecule has 0 bridgehead atoms. The maximum absolute atomic E-state index is 5.87. The van der Waals surface area contributed by atoms with Crippen LogP contribution in [0.2, 0.25) is 0 Å². The van der Waals surface area contributed by atoms with E-state index in [1.165, 1.54) is 12.8 Å². The first-order chi connectivity index (χ1) is 9.31. The quantitative estimate of drug-likeness (QED) is 0.811. The third-order valence-electron chi connectivity index (χ3n) is 3.89. The Morgan fingerprint density at radius 3 is 3.16 bits per heavy atom. The fraction of sp³-hybridized carbons (Fsp3) is 0.786. The molecule has 1 unspecified atom stereocenters. The van der Waals surface area contributed by atoms with Crippen LogP contribution >= 0.6 is 0 Å². The first-order valence-electron chi connectivity index (χ1n) is 7.26. The van der Waals surface area contributed by atoms with Gasteiger partial charge in [0, 0.05) is 45.0 Å². The van der Waals surface area contributed by atoms with Crippen molar-refractivity contribution >= 4 is 0 Å². The van der Waals surface area contributed by atoms with Crippen LogP contribution in [0.5, 0.6) is 0 Å². The highest BCUT2D eigenvalue weighted by atomic mass is 16.6. The Balaban J connectivity index is 1.48. The average Bonchev–Trinajstić information content (AvgIpc) is 2.97. The molecule has 1 aliphatic heterocycles. The molecule has 1 aliphatic carbocycles. The Morgan fingerprint density at radius 2 is 2.47 bits per heavy atom. The zero-order chi connectivity index (χ0) is 13.1. The first-order valence-corrected chi connectivity index (χ1v) is 7.26. The maximum Gasteiger partial charge on any atom is 0.106 e. The van der Waals surface area contributed by atoms with Gasteiger partial charge < -0.3 is 19.4 Å². The zero-order valence-corrected chi connectivity index (χ0v) is 11.6. The van der Waals surface area contributed by atoms with Crippen molar-refractivity contribution in [2.45, 2.75) is 44.4 Å². The van der Waals surface area contributed by atoms with Crippen molar-refractivity contribution in [3.05, 3.63) is 18.2 Å². The third kappa shape index (κ3) is 3.16. The van der Waals surface area contributed by atoms with E-state index in [1.54, 1.807) is 0 Å². The number of imidazole rings is 1. The monoisotopic (exact) mass is 265 g/mol. The minimum atomic E-state index is -0.131. The Hall–Kier alpha value is -0.910. The van der Waals surface area contributed by atoms with Gasteiger partial charge in [-0.15, -0.1) is 0 Å². The second kappa shape index (κ2) is 5.61. The molecule has 3 rings (SSSR count). The first kappa shape index (κ1) is 13.1. The topological polar surface area (TPSA) is 48.3 Å². The molecule has 1 aromatic rings. The Bertz CT molecular complexity index is 409. The summed E-state index contributed by atoms with van der Waals surface area (Å²) in [7, 11) is 0. The van der Waals surface area contributed by atoms with Crippen LogP contribution in [-0.2, 0) is 16.0 Å². The van der Waals surface area contributed by atoms with Crippen LogP contribution in [0.15, 0.2) is 12.5 Å². The summed E-state index contributed by atoms with van der Waals surface area (Å²) in [5.74, 6) is 0. The summed E-state index contributed by atoms with van der Waals surface area (Å²) in [4.78, 5) is 4.44. The van der Waals surface area contributed by atoms with Gasteiger partial charge in [-0.2, -0.15) is 0 Å². The molecule has 5 heteroatoms. The smallest absolute Gasteiger partial charge is 0.106 e.